The lowest BCUT2D eigenvalue weighted by molar-refractivity contribution is -0.143. The van der Waals surface area contributed by atoms with E-state index in [2.05, 4.69) is 107 Å². The number of likely N-dealkylation sites (tertiary alicyclic amines) is 1. The van der Waals surface area contributed by atoms with Crippen molar-refractivity contribution in [1.82, 2.24) is 14.5 Å². The van der Waals surface area contributed by atoms with E-state index in [0.29, 0.717) is 19.0 Å². The number of carbonyl (C=O) groups excluding carboxylic acids is 2. The molecule has 1 unspecified atom stereocenters. The summed E-state index contributed by atoms with van der Waals surface area (Å²) in [5.74, 6) is 0.370. The number of esters is 1. The number of carbonyl (C=O) groups is 2. The number of nitrogens with zero attached hydrogens (tertiary/aromatic N) is 3. The zero-order valence-electron chi connectivity index (χ0n) is 23.5. The predicted octanol–water partition coefficient (Wildman–Crippen LogP) is 6.18. The molecule has 7 heteroatoms. The van der Waals surface area contributed by atoms with Crippen LogP contribution in [0.5, 0.6) is 0 Å². The standard InChI is InChI=1S/C34H35N3O3S/c1-3-40-33(39)25-36-22-20-35-32(36)23-27-24-37(21-19-31(27)41-26(2)38)34(28-13-7-4-8-14-28,29-15-9-5-10-16-29)30-17-11-6-12-18-30/h4-18,20,22-23,31H,3,19,21,24-25H2,1-2H3/b27-23+. The molecule has 1 atom stereocenters. The first-order valence-corrected chi connectivity index (χ1v) is 14.9. The fourth-order valence-corrected chi connectivity index (χ4v) is 6.73. The summed E-state index contributed by atoms with van der Waals surface area (Å²) in [4.78, 5) is 31.7. The number of aromatic nitrogens is 2. The second-order valence-corrected chi connectivity index (χ2v) is 11.4. The van der Waals surface area contributed by atoms with Crippen LogP contribution in [0.15, 0.2) is 109 Å². The van der Waals surface area contributed by atoms with E-state index in [9.17, 15) is 9.59 Å². The summed E-state index contributed by atoms with van der Waals surface area (Å²) >= 11 is 1.37. The lowest BCUT2D eigenvalue weighted by Gasteiger charge is -2.49. The predicted molar refractivity (Wildman–Crippen MR) is 164 cm³/mol. The van der Waals surface area contributed by atoms with Crippen molar-refractivity contribution in [3.63, 3.8) is 0 Å². The molecule has 0 saturated carbocycles. The normalized spacial score (nSPS) is 16.9. The average Bonchev–Trinajstić information content (AvgIpc) is 3.42. The van der Waals surface area contributed by atoms with Gasteiger partial charge in [0.1, 0.15) is 12.4 Å². The number of hydrogen-bond donors (Lipinski definition) is 0. The van der Waals surface area contributed by atoms with Crippen LogP contribution in [0.25, 0.3) is 6.08 Å². The third kappa shape index (κ3) is 6.21. The molecule has 41 heavy (non-hydrogen) atoms. The number of hydrogen-bond acceptors (Lipinski definition) is 6. The van der Waals surface area contributed by atoms with Crippen molar-refractivity contribution in [3.05, 3.63) is 131 Å². The Morgan fingerprint density at radius 2 is 1.51 bits per heavy atom. The van der Waals surface area contributed by atoms with Crippen molar-refractivity contribution in [2.75, 3.05) is 19.7 Å². The molecule has 2 heterocycles. The Hall–Kier alpha value is -3.94. The first-order chi connectivity index (χ1) is 20.0. The van der Waals surface area contributed by atoms with Crippen molar-refractivity contribution in [2.24, 2.45) is 0 Å². The minimum atomic E-state index is -0.560. The van der Waals surface area contributed by atoms with E-state index in [4.69, 9.17) is 4.74 Å². The van der Waals surface area contributed by atoms with Gasteiger partial charge in [-0.3, -0.25) is 14.5 Å². The Morgan fingerprint density at radius 1 is 0.951 bits per heavy atom. The van der Waals surface area contributed by atoms with Crippen LogP contribution in [0.1, 0.15) is 42.8 Å². The molecule has 0 spiro atoms. The maximum Gasteiger partial charge on any atom is 0.325 e. The lowest BCUT2D eigenvalue weighted by atomic mass is 9.74. The summed E-state index contributed by atoms with van der Waals surface area (Å²) in [6.45, 7) is 5.25. The van der Waals surface area contributed by atoms with Gasteiger partial charge in [-0.15, -0.1) is 0 Å². The minimum absolute atomic E-state index is 0.0107. The molecule has 5 rings (SSSR count). The monoisotopic (exact) mass is 565 g/mol. The van der Waals surface area contributed by atoms with Gasteiger partial charge in [0.25, 0.3) is 0 Å². The molecule has 3 aromatic carbocycles. The first-order valence-electron chi connectivity index (χ1n) is 14.0. The number of rotatable bonds is 9. The second kappa shape index (κ2) is 13.1. The van der Waals surface area contributed by atoms with Crippen LogP contribution in [0.4, 0.5) is 0 Å². The zero-order chi connectivity index (χ0) is 28.7. The Labute approximate surface area is 246 Å². The molecule has 0 bridgehead atoms. The quantitative estimate of drug-likeness (QED) is 0.179. The molecule has 4 aromatic rings. The summed E-state index contributed by atoms with van der Waals surface area (Å²) in [6, 6.07) is 31.9. The molecule has 210 valence electrons. The van der Waals surface area contributed by atoms with E-state index < -0.39 is 5.54 Å². The van der Waals surface area contributed by atoms with Gasteiger partial charge in [0.2, 0.25) is 0 Å². The molecule has 1 aliphatic heterocycles. The van der Waals surface area contributed by atoms with E-state index in [1.807, 2.05) is 0 Å². The lowest BCUT2D eigenvalue weighted by Crippen LogP contribution is -2.52. The van der Waals surface area contributed by atoms with E-state index in [0.717, 1.165) is 18.5 Å². The Balaban J connectivity index is 1.64. The number of ether oxygens (including phenoxy) is 1. The number of imidazole rings is 1. The maximum atomic E-state index is 12.3. The van der Waals surface area contributed by atoms with Gasteiger partial charge < -0.3 is 9.30 Å². The van der Waals surface area contributed by atoms with Crippen molar-refractivity contribution in [3.8, 4) is 0 Å². The van der Waals surface area contributed by atoms with Crippen molar-refractivity contribution in [1.29, 1.82) is 0 Å². The Morgan fingerprint density at radius 3 is 2.02 bits per heavy atom. The third-order valence-electron chi connectivity index (χ3n) is 7.47. The fraction of sp³-hybridized carbons (Fsp3) is 0.265. The topological polar surface area (TPSA) is 64.4 Å². The van der Waals surface area contributed by atoms with Gasteiger partial charge in [-0.2, -0.15) is 0 Å². The van der Waals surface area contributed by atoms with E-state index in [-0.39, 0.29) is 22.9 Å². The van der Waals surface area contributed by atoms with Gasteiger partial charge in [-0.25, -0.2) is 4.98 Å². The molecule has 6 nitrogen and oxygen atoms in total. The van der Waals surface area contributed by atoms with Crippen LogP contribution in [-0.4, -0.2) is 50.5 Å². The van der Waals surface area contributed by atoms with Crippen LogP contribution in [0, 0.1) is 0 Å². The van der Waals surface area contributed by atoms with Gasteiger partial charge in [-0.1, -0.05) is 103 Å². The summed E-state index contributed by atoms with van der Waals surface area (Å²) in [5.41, 5.74) is 4.07. The molecular formula is C34H35N3O3S. The maximum absolute atomic E-state index is 12.3. The van der Waals surface area contributed by atoms with E-state index in [1.165, 1.54) is 28.5 Å². The highest BCUT2D eigenvalue weighted by molar-refractivity contribution is 8.14. The molecule has 1 fully saturated rings. The SMILES string of the molecule is CCOC(=O)Cn1ccnc1/C=C1\CN(C(c2ccccc2)(c2ccccc2)c2ccccc2)CCC1SC(C)=O. The molecule has 0 radical (unpaired) electrons. The Kier molecular flexibility index (Phi) is 9.17. The van der Waals surface area contributed by atoms with Crippen molar-refractivity contribution < 1.29 is 14.3 Å². The van der Waals surface area contributed by atoms with E-state index >= 15 is 0 Å². The average molecular weight is 566 g/mol. The van der Waals surface area contributed by atoms with Crippen LogP contribution < -0.4 is 0 Å². The van der Waals surface area contributed by atoms with Gasteiger partial charge in [0, 0.05) is 37.7 Å². The summed E-state index contributed by atoms with van der Waals surface area (Å²) < 4.78 is 6.98. The molecule has 0 aliphatic carbocycles. The molecular weight excluding hydrogens is 530 g/mol. The van der Waals surface area contributed by atoms with Crippen molar-refractivity contribution in [2.45, 2.75) is 37.6 Å². The van der Waals surface area contributed by atoms with E-state index in [1.54, 1.807) is 30.8 Å². The number of thioether (sulfide) groups is 1. The summed E-state index contributed by atoms with van der Waals surface area (Å²) in [5, 5.41) is 0.0983. The molecule has 0 N–H and O–H groups in total. The van der Waals surface area contributed by atoms with Gasteiger partial charge in [-0.05, 0) is 41.7 Å². The first kappa shape index (κ1) is 28.6. The highest BCUT2D eigenvalue weighted by Gasteiger charge is 2.44. The largest absolute Gasteiger partial charge is 0.465 e. The third-order valence-corrected chi connectivity index (χ3v) is 8.63. The molecule has 1 aromatic heterocycles. The zero-order valence-corrected chi connectivity index (χ0v) is 24.3. The van der Waals surface area contributed by atoms with Crippen LogP contribution >= 0.6 is 11.8 Å². The van der Waals surface area contributed by atoms with Crippen LogP contribution in [-0.2, 0) is 26.4 Å². The molecule has 1 saturated heterocycles. The fourth-order valence-electron chi connectivity index (χ4n) is 5.81. The van der Waals surface area contributed by atoms with Crippen molar-refractivity contribution >= 4 is 28.9 Å². The van der Waals surface area contributed by atoms with Gasteiger partial charge in [0.15, 0.2) is 5.12 Å². The number of piperidine rings is 1. The van der Waals surface area contributed by atoms with Crippen LogP contribution in [0.3, 0.4) is 0 Å². The molecule has 1 aliphatic rings. The minimum Gasteiger partial charge on any atom is -0.465 e. The summed E-state index contributed by atoms with van der Waals surface area (Å²) in [7, 11) is 0. The number of benzene rings is 3. The van der Waals surface area contributed by atoms with Gasteiger partial charge in [0.05, 0.1) is 12.1 Å². The molecule has 0 amide bonds. The smallest absolute Gasteiger partial charge is 0.325 e. The highest BCUT2D eigenvalue weighted by Crippen LogP contribution is 2.45. The second-order valence-electron chi connectivity index (χ2n) is 10.1. The van der Waals surface area contributed by atoms with Gasteiger partial charge >= 0.3 is 5.97 Å². The Bertz CT molecular complexity index is 1390. The van der Waals surface area contributed by atoms with Crippen LogP contribution in [0.2, 0.25) is 0 Å². The summed E-state index contributed by atoms with van der Waals surface area (Å²) in [6.07, 6.45) is 6.33. The highest BCUT2D eigenvalue weighted by atomic mass is 32.2.